The van der Waals surface area contributed by atoms with Gasteiger partial charge in [0.2, 0.25) is 11.8 Å². The molecule has 1 aliphatic rings. The zero-order valence-corrected chi connectivity index (χ0v) is 13.6. The zero-order valence-electron chi connectivity index (χ0n) is 13.6. The van der Waals surface area contributed by atoms with Crippen molar-refractivity contribution < 1.29 is 17.9 Å². The number of ether oxygens (including phenoxy) is 1. The van der Waals surface area contributed by atoms with Crippen molar-refractivity contribution in [1.29, 1.82) is 0 Å². The molecule has 24 heavy (non-hydrogen) atoms. The predicted molar refractivity (Wildman–Crippen MR) is 84.2 cm³/mol. The molecule has 0 saturated carbocycles. The Labute approximate surface area is 138 Å². The number of rotatable bonds is 4. The zero-order chi connectivity index (χ0) is 17.1. The van der Waals surface area contributed by atoms with E-state index in [1.54, 1.807) is 19.1 Å². The summed E-state index contributed by atoms with van der Waals surface area (Å²) >= 11 is 0. The molecule has 0 bridgehead atoms. The second-order valence-electron chi connectivity index (χ2n) is 5.89. The molecule has 1 aromatic carbocycles. The summed E-state index contributed by atoms with van der Waals surface area (Å²) in [6.45, 7) is 5.79. The molecule has 0 spiro atoms. The van der Waals surface area contributed by atoms with E-state index in [4.69, 9.17) is 9.15 Å². The molecule has 0 radical (unpaired) electrons. The van der Waals surface area contributed by atoms with Crippen LogP contribution in [-0.2, 0) is 4.74 Å². The highest BCUT2D eigenvalue weighted by atomic mass is 19.2. The van der Waals surface area contributed by atoms with Crippen LogP contribution in [0.5, 0.6) is 0 Å². The summed E-state index contributed by atoms with van der Waals surface area (Å²) in [5, 5.41) is 7.85. The third kappa shape index (κ3) is 4.04. The van der Waals surface area contributed by atoms with Crippen molar-refractivity contribution in [2.45, 2.75) is 26.1 Å². The predicted octanol–water partition coefficient (Wildman–Crippen LogP) is 3.13. The molecule has 2 aromatic rings. The summed E-state index contributed by atoms with van der Waals surface area (Å²) in [4.78, 5) is 2.19. The SMILES string of the molecule is Cc1nnc([C@H]2CN(C/C=C/c3ccc(F)c(F)c3)C[C@@H](C)O2)o1. The standard InChI is InChI=1S/C17H19F2N3O2/c1-11-9-22(10-16(23-11)17-21-20-12(2)24-17)7-3-4-13-5-6-14(18)15(19)8-13/h3-6,8,11,16H,7,9-10H2,1-2H3/b4-3+/t11-,16-/m1/s1. The second kappa shape index (κ2) is 7.19. The third-order valence-electron chi connectivity index (χ3n) is 3.77. The van der Waals surface area contributed by atoms with Gasteiger partial charge in [0.05, 0.1) is 6.10 Å². The average molecular weight is 335 g/mol. The molecule has 1 aromatic heterocycles. The Morgan fingerprint density at radius 3 is 2.79 bits per heavy atom. The van der Waals surface area contributed by atoms with E-state index in [9.17, 15) is 8.78 Å². The number of aromatic nitrogens is 2. The fourth-order valence-corrected chi connectivity index (χ4v) is 2.72. The van der Waals surface area contributed by atoms with Crippen molar-refractivity contribution in [2.24, 2.45) is 0 Å². The summed E-state index contributed by atoms with van der Waals surface area (Å²) in [7, 11) is 0. The number of morpholine rings is 1. The first kappa shape index (κ1) is 16.7. The van der Waals surface area contributed by atoms with E-state index in [1.165, 1.54) is 6.07 Å². The van der Waals surface area contributed by atoms with Crippen LogP contribution in [0.25, 0.3) is 6.08 Å². The van der Waals surface area contributed by atoms with Gasteiger partial charge in [-0.2, -0.15) is 0 Å². The van der Waals surface area contributed by atoms with Crippen LogP contribution in [0.4, 0.5) is 8.78 Å². The van der Waals surface area contributed by atoms with Crippen molar-refractivity contribution in [1.82, 2.24) is 15.1 Å². The molecule has 1 aliphatic heterocycles. The average Bonchev–Trinajstić information content (AvgIpc) is 2.97. The van der Waals surface area contributed by atoms with Crippen molar-refractivity contribution in [3.05, 3.63) is 53.3 Å². The molecular formula is C17H19F2N3O2. The van der Waals surface area contributed by atoms with E-state index in [0.29, 0.717) is 30.4 Å². The first-order valence-electron chi connectivity index (χ1n) is 7.80. The molecule has 1 fully saturated rings. The quantitative estimate of drug-likeness (QED) is 0.859. The van der Waals surface area contributed by atoms with E-state index < -0.39 is 11.6 Å². The summed E-state index contributed by atoms with van der Waals surface area (Å²) in [6.07, 6.45) is 3.47. The molecule has 0 amide bonds. The maximum absolute atomic E-state index is 13.2. The summed E-state index contributed by atoms with van der Waals surface area (Å²) in [6, 6.07) is 3.85. The van der Waals surface area contributed by atoms with Crippen LogP contribution < -0.4 is 0 Å². The van der Waals surface area contributed by atoms with E-state index in [1.807, 2.05) is 13.0 Å². The van der Waals surface area contributed by atoms with Gasteiger partial charge in [0.25, 0.3) is 0 Å². The Hall–Kier alpha value is -2.12. The fourth-order valence-electron chi connectivity index (χ4n) is 2.72. The Morgan fingerprint density at radius 1 is 1.25 bits per heavy atom. The molecule has 0 aliphatic carbocycles. The minimum Gasteiger partial charge on any atom is -0.423 e. The van der Waals surface area contributed by atoms with Gasteiger partial charge in [-0.05, 0) is 24.6 Å². The van der Waals surface area contributed by atoms with Crippen LogP contribution in [0.3, 0.4) is 0 Å². The molecule has 2 atom stereocenters. The normalized spacial score (nSPS) is 22.3. The van der Waals surface area contributed by atoms with Gasteiger partial charge in [0.1, 0.15) is 6.10 Å². The molecule has 128 valence electrons. The van der Waals surface area contributed by atoms with E-state index in [0.717, 1.165) is 12.6 Å². The number of aryl methyl sites for hydroxylation is 1. The number of benzene rings is 1. The lowest BCUT2D eigenvalue weighted by Crippen LogP contribution is -2.42. The van der Waals surface area contributed by atoms with E-state index >= 15 is 0 Å². The molecule has 1 saturated heterocycles. The van der Waals surface area contributed by atoms with Gasteiger partial charge in [-0.25, -0.2) is 8.78 Å². The largest absolute Gasteiger partial charge is 0.423 e. The highest BCUT2D eigenvalue weighted by Gasteiger charge is 2.29. The Kier molecular flexibility index (Phi) is 5.01. The fraction of sp³-hybridized carbons (Fsp3) is 0.412. The summed E-state index contributed by atoms with van der Waals surface area (Å²) < 4.78 is 37.4. The Balaban J connectivity index is 1.61. The minimum absolute atomic E-state index is 0.0348. The lowest BCUT2D eigenvalue weighted by atomic mass is 10.2. The molecule has 0 N–H and O–H groups in total. The maximum Gasteiger partial charge on any atom is 0.246 e. The van der Waals surface area contributed by atoms with Gasteiger partial charge in [-0.1, -0.05) is 18.2 Å². The monoisotopic (exact) mass is 335 g/mol. The van der Waals surface area contributed by atoms with Gasteiger partial charge < -0.3 is 9.15 Å². The van der Waals surface area contributed by atoms with E-state index in [2.05, 4.69) is 15.1 Å². The van der Waals surface area contributed by atoms with Crippen LogP contribution >= 0.6 is 0 Å². The van der Waals surface area contributed by atoms with Crippen LogP contribution in [0, 0.1) is 18.6 Å². The Bertz CT molecular complexity index is 732. The minimum atomic E-state index is -0.844. The van der Waals surface area contributed by atoms with Gasteiger partial charge in [-0.3, -0.25) is 4.90 Å². The highest BCUT2D eigenvalue weighted by molar-refractivity contribution is 5.49. The first-order valence-corrected chi connectivity index (χ1v) is 7.80. The highest BCUT2D eigenvalue weighted by Crippen LogP contribution is 2.24. The van der Waals surface area contributed by atoms with Gasteiger partial charge >= 0.3 is 0 Å². The number of halogens is 2. The van der Waals surface area contributed by atoms with E-state index in [-0.39, 0.29) is 12.2 Å². The topological polar surface area (TPSA) is 51.4 Å². The van der Waals surface area contributed by atoms with Crippen molar-refractivity contribution in [2.75, 3.05) is 19.6 Å². The smallest absolute Gasteiger partial charge is 0.246 e. The van der Waals surface area contributed by atoms with Crippen LogP contribution in [-0.4, -0.2) is 40.8 Å². The Morgan fingerprint density at radius 2 is 2.08 bits per heavy atom. The van der Waals surface area contributed by atoms with Gasteiger partial charge in [-0.15, -0.1) is 10.2 Å². The number of nitrogens with zero attached hydrogens (tertiary/aromatic N) is 3. The van der Waals surface area contributed by atoms with Gasteiger partial charge in [0.15, 0.2) is 11.6 Å². The van der Waals surface area contributed by atoms with Crippen LogP contribution in [0.15, 0.2) is 28.7 Å². The number of hydrogen-bond donors (Lipinski definition) is 0. The molecule has 5 nitrogen and oxygen atoms in total. The third-order valence-corrected chi connectivity index (χ3v) is 3.77. The summed E-state index contributed by atoms with van der Waals surface area (Å²) in [5.74, 6) is -0.693. The van der Waals surface area contributed by atoms with Crippen LogP contribution in [0.1, 0.15) is 30.4 Å². The van der Waals surface area contributed by atoms with Crippen LogP contribution in [0.2, 0.25) is 0 Å². The van der Waals surface area contributed by atoms with Crippen molar-refractivity contribution in [3.8, 4) is 0 Å². The molecule has 0 unspecified atom stereocenters. The van der Waals surface area contributed by atoms with Crippen molar-refractivity contribution >= 4 is 6.08 Å². The van der Waals surface area contributed by atoms with Gasteiger partial charge in [0, 0.05) is 26.6 Å². The van der Waals surface area contributed by atoms with Crippen molar-refractivity contribution in [3.63, 3.8) is 0 Å². The lowest BCUT2D eigenvalue weighted by Gasteiger charge is -2.34. The summed E-state index contributed by atoms with van der Waals surface area (Å²) in [5.41, 5.74) is 0.624. The number of hydrogen-bond acceptors (Lipinski definition) is 5. The second-order valence-corrected chi connectivity index (χ2v) is 5.89. The molecule has 2 heterocycles. The lowest BCUT2D eigenvalue weighted by molar-refractivity contribution is -0.0864. The molecule has 3 rings (SSSR count). The molecule has 7 heteroatoms. The maximum atomic E-state index is 13.2. The first-order chi connectivity index (χ1) is 11.5. The molecular weight excluding hydrogens is 316 g/mol.